The molecule has 1 aromatic rings. The van der Waals surface area contributed by atoms with Crippen molar-refractivity contribution < 1.29 is 9.59 Å². The van der Waals surface area contributed by atoms with Gasteiger partial charge >= 0.3 is 0 Å². The molecule has 0 aliphatic carbocycles. The van der Waals surface area contributed by atoms with Crippen LogP contribution >= 0.6 is 0 Å². The van der Waals surface area contributed by atoms with Crippen molar-refractivity contribution in [2.75, 3.05) is 13.1 Å². The first-order chi connectivity index (χ1) is 10.5. The average molecular weight is 306 g/mol. The minimum absolute atomic E-state index is 0.00296. The number of nitrogens with one attached hydrogen (secondary N) is 2. The molecule has 2 heterocycles. The number of aromatic nitrogens is 2. The topological polar surface area (TPSA) is 78.1 Å². The number of H-pyrrole nitrogens is 1. The van der Waals surface area contributed by atoms with E-state index in [1.165, 1.54) is 0 Å². The maximum Gasteiger partial charge on any atom is 0.222 e. The summed E-state index contributed by atoms with van der Waals surface area (Å²) in [6.45, 7) is 5.24. The van der Waals surface area contributed by atoms with Gasteiger partial charge in [0.1, 0.15) is 0 Å². The highest BCUT2D eigenvalue weighted by molar-refractivity contribution is 5.79. The lowest BCUT2D eigenvalue weighted by Crippen LogP contribution is -2.38. The predicted molar refractivity (Wildman–Crippen MR) is 84.3 cm³/mol. The van der Waals surface area contributed by atoms with Crippen LogP contribution in [0.25, 0.3) is 0 Å². The zero-order chi connectivity index (χ0) is 15.9. The molecule has 122 valence electrons. The van der Waals surface area contributed by atoms with Crippen molar-refractivity contribution in [1.82, 2.24) is 20.4 Å². The van der Waals surface area contributed by atoms with Crippen LogP contribution < -0.4 is 5.32 Å². The van der Waals surface area contributed by atoms with Crippen LogP contribution in [0.4, 0.5) is 0 Å². The zero-order valence-corrected chi connectivity index (χ0v) is 13.5. The monoisotopic (exact) mass is 306 g/mol. The quantitative estimate of drug-likeness (QED) is 0.837. The lowest BCUT2D eigenvalue weighted by molar-refractivity contribution is -0.131. The SMILES string of the molecule is Cc1cc(CC(C)NC(=O)CCN2CCCCCC2=O)n[nH]1. The molecular weight excluding hydrogens is 280 g/mol. The maximum atomic E-state index is 12.0. The number of aromatic amines is 1. The fraction of sp³-hybridized carbons (Fsp3) is 0.688. The highest BCUT2D eigenvalue weighted by atomic mass is 16.2. The zero-order valence-electron chi connectivity index (χ0n) is 13.5. The number of rotatable bonds is 6. The van der Waals surface area contributed by atoms with Gasteiger partial charge in [0.2, 0.25) is 11.8 Å². The second kappa shape index (κ2) is 7.96. The van der Waals surface area contributed by atoms with Crippen LogP contribution in [-0.4, -0.2) is 46.0 Å². The molecule has 22 heavy (non-hydrogen) atoms. The van der Waals surface area contributed by atoms with Crippen molar-refractivity contribution >= 4 is 11.8 Å². The van der Waals surface area contributed by atoms with E-state index < -0.39 is 0 Å². The molecule has 2 rings (SSSR count). The lowest BCUT2D eigenvalue weighted by atomic mass is 10.1. The van der Waals surface area contributed by atoms with Crippen LogP contribution in [0.5, 0.6) is 0 Å². The molecule has 1 aliphatic rings. The number of nitrogens with zero attached hydrogens (tertiary/aromatic N) is 2. The molecule has 0 saturated carbocycles. The fourth-order valence-corrected chi connectivity index (χ4v) is 2.80. The van der Waals surface area contributed by atoms with Gasteiger partial charge in [-0.3, -0.25) is 14.7 Å². The number of carbonyl (C=O) groups is 2. The molecule has 1 fully saturated rings. The van der Waals surface area contributed by atoms with Crippen molar-refractivity contribution in [2.45, 2.75) is 58.4 Å². The molecule has 0 spiro atoms. The van der Waals surface area contributed by atoms with Crippen molar-refractivity contribution in [3.05, 3.63) is 17.5 Å². The number of carbonyl (C=O) groups excluding carboxylic acids is 2. The van der Waals surface area contributed by atoms with E-state index in [-0.39, 0.29) is 17.9 Å². The smallest absolute Gasteiger partial charge is 0.222 e. The van der Waals surface area contributed by atoms with Gasteiger partial charge in [-0.15, -0.1) is 0 Å². The second-order valence-corrected chi connectivity index (χ2v) is 6.16. The van der Waals surface area contributed by atoms with Crippen molar-refractivity contribution in [3.63, 3.8) is 0 Å². The van der Waals surface area contributed by atoms with Crippen molar-refractivity contribution in [2.24, 2.45) is 0 Å². The third-order valence-electron chi connectivity index (χ3n) is 3.96. The van der Waals surface area contributed by atoms with Gasteiger partial charge in [0.05, 0.1) is 5.69 Å². The van der Waals surface area contributed by atoms with E-state index in [1.54, 1.807) is 0 Å². The van der Waals surface area contributed by atoms with Crippen LogP contribution in [0.3, 0.4) is 0 Å². The van der Waals surface area contributed by atoms with Gasteiger partial charge in [-0.2, -0.15) is 5.10 Å². The minimum atomic E-state index is -0.00296. The number of amides is 2. The van der Waals surface area contributed by atoms with E-state index in [2.05, 4.69) is 15.5 Å². The van der Waals surface area contributed by atoms with Crippen LogP contribution in [0, 0.1) is 6.92 Å². The Morgan fingerprint density at radius 3 is 3.00 bits per heavy atom. The van der Waals surface area contributed by atoms with Gasteiger partial charge in [-0.05, 0) is 32.8 Å². The summed E-state index contributed by atoms with van der Waals surface area (Å²) in [6.07, 6.45) is 4.82. The molecule has 6 nitrogen and oxygen atoms in total. The standard InChI is InChI=1S/C16H26N4O2/c1-12(10-14-11-13(2)18-19-14)17-15(21)7-9-20-8-5-3-4-6-16(20)22/h11-12H,3-10H2,1-2H3,(H,17,21)(H,18,19). The third-order valence-corrected chi connectivity index (χ3v) is 3.96. The van der Waals surface area contributed by atoms with Gasteiger partial charge in [-0.25, -0.2) is 0 Å². The average Bonchev–Trinajstić information content (AvgIpc) is 2.74. The summed E-state index contributed by atoms with van der Waals surface area (Å²) in [6, 6.07) is 2.02. The van der Waals surface area contributed by atoms with Crippen molar-refractivity contribution in [1.29, 1.82) is 0 Å². The molecule has 0 bridgehead atoms. The molecular formula is C16H26N4O2. The normalized spacial score (nSPS) is 17.2. The molecule has 2 amide bonds. The summed E-state index contributed by atoms with van der Waals surface area (Å²) < 4.78 is 0. The van der Waals surface area contributed by atoms with Gasteiger partial charge in [0, 0.05) is 44.1 Å². The first-order valence-corrected chi connectivity index (χ1v) is 8.12. The number of hydrogen-bond acceptors (Lipinski definition) is 3. The fourth-order valence-electron chi connectivity index (χ4n) is 2.80. The Balaban J connectivity index is 1.71. The molecule has 6 heteroatoms. The largest absolute Gasteiger partial charge is 0.353 e. The number of likely N-dealkylation sites (tertiary alicyclic amines) is 1. The molecule has 1 unspecified atom stereocenters. The molecule has 1 aliphatic heterocycles. The van der Waals surface area contributed by atoms with E-state index in [0.717, 1.165) is 37.2 Å². The number of aryl methyl sites for hydroxylation is 1. The van der Waals surface area contributed by atoms with E-state index >= 15 is 0 Å². The van der Waals surface area contributed by atoms with Crippen LogP contribution in [-0.2, 0) is 16.0 Å². The van der Waals surface area contributed by atoms with E-state index in [4.69, 9.17) is 0 Å². The van der Waals surface area contributed by atoms with E-state index in [0.29, 0.717) is 25.8 Å². The first kappa shape index (κ1) is 16.5. The first-order valence-electron chi connectivity index (χ1n) is 8.12. The number of hydrogen-bond donors (Lipinski definition) is 2. The summed E-state index contributed by atoms with van der Waals surface area (Å²) in [4.78, 5) is 25.7. The summed E-state index contributed by atoms with van der Waals surface area (Å²) in [5, 5.41) is 10.0. The van der Waals surface area contributed by atoms with Gasteiger partial charge in [-0.1, -0.05) is 6.42 Å². The highest BCUT2D eigenvalue weighted by Gasteiger charge is 2.18. The Labute approximate surface area is 131 Å². The highest BCUT2D eigenvalue weighted by Crippen LogP contribution is 2.11. The molecule has 2 N–H and O–H groups in total. The molecule has 1 aromatic heterocycles. The Kier molecular flexibility index (Phi) is 5.98. The van der Waals surface area contributed by atoms with Crippen LogP contribution in [0.1, 0.15) is 50.4 Å². The minimum Gasteiger partial charge on any atom is -0.353 e. The summed E-state index contributed by atoms with van der Waals surface area (Å²) in [7, 11) is 0. The molecule has 1 saturated heterocycles. The van der Waals surface area contributed by atoms with Gasteiger partial charge in [0.25, 0.3) is 0 Å². The van der Waals surface area contributed by atoms with Crippen LogP contribution in [0.15, 0.2) is 6.07 Å². The lowest BCUT2D eigenvalue weighted by Gasteiger charge is -2.20. The van der Waals surface area contributed by atoms with E-state index in [1.807, 2.05) is 24.8 Å². The van der Waals surface area contributed by atoms with Gasteiger partial charge < -0.3 is 10.2 Å². The van der Waals surface area contributed by atoms with Crippen LogP contribution in [0.2, 0.25) is 0 Å². The third kappa shape index (κ3) is 5.16. The van der Waals surface area contributed by atoms with Crippen molar-refractivity contribution in [3.8, 4) is 0 Å². The Morgan fingerprint density at radius 1 is 1.45 bits per heavy atom. The molecule has 0 radical (unpaired) electrons. The predicted octanol–water partition coefficient (Wildman–Crippen LogP) is 1.56. The van der Waals surface area contributed by atoms with Gasteiger partial charge in [0.15, 0.2) is 0 Å². The second-order valence-electron chi connectivity index (χ2n) is 6.16. The Hall–Kier alpha value is -1.85. The summed E-state index contributed by atoms with van der Waals surface area (Å²) in [5.41, 5.74) is 1.97. The molecule has 1 atom stereocenters. The summed E-state index contributed by atoms with van der Waals surface area (Å²) in [5.74, 6) is 0.183. The molecule has 0 aromatic carbocycles. The Morgan fingerprint density at radius 2 is 2.27 bits per heavy atom. The summed E-state index contributed by atoms with van der Waals surface area (Å²) >= 11 is 0. The Bertz CT molecular complexity index is 512. The van der Waals surface area contributed by atoms with E-state index in [9.17, 15) is 9.59 Å². The maximum absolute atomic E-state index is 12.0.